The first-order chi connectivity index (χ1) is 8.16. The van der Waals surface area contributed by atoms with Gasteiger partial charge >= 0.3 is 0 Å². The Balaban J connectivity index is 1.93. The molecule has 0 amide bonds. The summed E-state index contributed by atoms with van der Waals surface area (Å²) in [6, 6.07) is 5.24. The molecule has 0 aliphatic heterocycles. The number of aromatic nitrogens is 1. The zero-order valence-electron chi connectivity index (χ0n) is 11.2. The first-order valence-electron chi connectivity index (χ1n) is 6.82. The second-order valence-corrected chi connectivity index (χ2v) is 5.68. The zero-order chi connectivity index (χ0) is 12.3. The van der Waals surface area contributed by atoms with Gasteiger partial charge in [0.1, 0.15) is 0 Å². The number of nitrogens with zero attached hydrogens (tertiary/aromatic N) is 1. The summed E-state index contributed by atoms with van der Waals surface area (Å²) in [5.74, 6) is 1.69. The third-order valence-electron chi connectivity index (χ3n) is 4.08. The quantitative estimate of drug-likeness (QED) is 0.862. The third-order valence-corrected chi connectivity index (χ3v) is 4.08. The van der Waals surface area contributed by atoms with Crippen molar-refractivity contribution in [1.29, 1.82) is 0 Å². The molecule has 17 heavy (non-hydrogen) atoms. The van der Waals surface area contributed by atoms with Crippen molar-refractivity contribution >= 4 is 0 Å². The van der Waals surface area contributed by atoms with Gasteiger partial charge < -0.3 is 5.32 Å². The van der Waals surface area contributed by atoms with Crippen molar-refractivity contribution in [2.24, 2.45) is 11.8 Å². The van der Waals surface area contributed by atoms with Gasteiger partial charge in [-0.2, -0.15) is 0 Å². The smallest absolute Gasteiger partial charge is 0.0315 e. The molecule has 1 saturated carbocycles. The van der Waals surface area contributed by atoms with E-state index in [1.807, 2.05) is 18.5 Å². The highest BCUT2D eigenvalue weighted by atomic mass is 15.0. The molecule has 1 aromatic rings. The van der Waals surface area contributed by atoms with E-state index in [2.05, 4.69) is 37.1 Å². The van der Waals surface area contributed by atoms with Crippen LogP contribution in [-0.4, -0.2) is 11.0 Å². The molecular formula is C15H24N2. The molecule has 0 bridgehead atoms. The molecule has 0 saturated heterocycles. The van der Waals surface area contributed by atoms with Crippen molar-refractivity contribution in [3.63, 3.8) is 0 Å². The minimum absolute atomic E-state index is 0.407. The van der Waals surface area contributed by atoms with Crippen LogP contribution < -0.4 is 5.32 Å². The fourth-order valence-corrected chi connectivity index (χ4v) is 2.96. The van der Waals surface area contributed by atoms with Gasteiger partial charge in [0.05, 0.1) is 0 Å². The largest absolute Gasteiger partial charge is 0.307 e. The van der Waals surface area contributed by atoms with E-state index in [1.54, 1.807) is 0 Å². The highest BCUT2D eigenvalue weighted by Gasteiger charge is 2.26. The molecule has 2 rings (SSSR count). The molecule has 2 nitrogen and oxygen atoms in total. The van der Waals surface area contributed by atoms with Crippen LogP contribution >= 0.6 is 0 Å². The predicted molar refractivity (Wildman–Crippen MR) is 71.8 cm³/mol. The van der Waals surface area contributed by atoms with Crippen LogP contribution in [0.3, 0.4) is 0 Å². The molecule has 4 atom stereocenters. The Bertz CT molecular complexity index is 336. The van der Waals surface area contributed by atoms with Gasteiger partial charge in [-0.3, -0.25) is 4.98 Å². The van der Waals surface area contributed by atoms with Gasteiger partial charge in [0.25, 0.3) is 0 Å². The molecule has 0 aromatic carbocycles. The maximum absolute atomic E-state index is 4.19. The summed E-state index contributed by atoms with van der Waals surface area (Å²) >= 11 is 0. The molecule has 0 spiro atoms. The maximum atomic E-state index is 4.19. The van der Waals surface area contributed by atoms with E-state index in [4.69, 9.17) is 0 Å². The van der Waals surface area contributed by atoms with Crippen molar-refractivity contribution in [1.82, 2.24) is 10.3 Å². The Morgan fingerprint density at radius 1 is 1.35 bits per heavy atom. The number of nitrogens with one attached hydrogen (secondary N) is 1. The Hall–Kier alpha value is -0.890. The fourth-order valence-electron chi connectivity index (χ4n) is 2.96. The number of rotatable bonds is 3. The SMILES string of the molecule is CC1CCC(NC(C)c2cccnc2)C(C)C1. The lowest BCUT2D eigenvalue weighted by molar-refractivity contribution is 0.216. The van der Waals surface area contributed by atoms with E-state index < -0.39 is 0 Å². The van der Waals surface area contributed by atoms with E-state index in [0.29, 0.717) is 12.1 Å². The van der Waals surface area contributed by atoms with Crippen LogP contribution in [0.2, 0.25) is 0 Å². The number of hydrogen-bond acceptors (Lipinski definition) is 2. The van der Waals surface area contributed by atoms with Gasteiger partial charge in [0.2, 0.25) is 0 Å². The molecule has 1 aliphatic rings. The highest BCUT2D eigenvalue weighted by molar-refractivity contribution is 5.13. The second kappa shape index (κ2) is 5.63. The molecular weight excluding hydrogens is 208 g/mol. The summed E-state index contributed by atoms with van der Waals surface area (Å²) in [6.07, 6.45) is 7.83. The molecule has 1 fully saturated rings. The molecule has 1 heterocycles. The van der Waals surface area contributed by atoms with Crippen molar-refractivity contribution in [2.45, 2.75) is 52.1 Å². The van der Waals surface area contributed by atoms with Crippen LogP contribution in [-0.2, 0) is 0 Å². The highest BCUT2D eigenvalue weighted by Crippen LogP contribution is 2.30. The van der Waals surface area contributed by atoms with Crippen LogP contribution in [0.1, 0.15) is 51.6 Å². The maximum Gasteiger partial charge on any atom is 0.0315 e. The van der Waals surface area contributed by atoms with Crippen LogP contribution in [0.5, 0.6) is 0 Å². The van der Waals surface area contributed by atoms with Crippen molar-refractivity contribution in [3.05, 3.63) is 30.1 Å². The first kappa shape index (κ1) is 12.6. The van der Waals surface area contributed by atoms with Gasteiger partial charge in [-0.05, 0) is 49.7 Å². The lowest BCUT2D eigenvalue weighted by Crippen LogP contribution is -2.40. The van der Waals surface area contributed by atoms with E-state index >= 15 is 0 Å². The molecule has 1 N–H and O–H groups in total. The summed E-state index contributed by atoms with van der Waals surface area (Å²) in [4.78, 5) is 4.19. The van der Waals surface area contributed by atoms with Gasteiger partial charge in [-0.25, -0.2) is 0 Å². The van der Waals surface area contributed by atoms with Gasteiger partial charge in [-0.15, -0.1) is 0 Å². The minimum atomic E-state index is 0.407. The van der Waals surface area contributed by atoms with Crippen LogP contribution in [0.4, 0.5) is 0 Å². The second-order valence-electron chi connectivity index (χ2n) is 5.68. The number of pyridine rings is 1. The minimum Gasteiger partial charge on any atom is -0.307 e. The van der Waals surface area contributed by atoms with Crippen molar-refractivity contribution < 1.29 is 0 Å². The number of hydrogen-bond donors (Lipinski definition) is 1. The lowest BCUT2D eigenvalue weighted by atomic mass is 9.79. The summed E-state index contributed by atoms with van der Waals surface area (Å²) in [5, 5.41) is 3.77. The van der Waals surface area contributed by atoms with E-state index in [9.17, 15) is 0 Å². The van der Waals surface area contributed by atoms with Gasteiger partial charge in [0, 0.05) is 24.5 Å². The summed E-state index contributed by atoms with van der Waals surface area (Å²) in [5.41, 5.74) is 1.29. The van der Waals surface area contributed by atoms with Crippen molar-refractivity contribution in [3.8, 4) is 0 Å². The Morgan fingerprint density at radius 3 is 2.82 bits per heavy atom. The Morgan fingerprint density at radius 2 is 2.18 bits per heavy atom. The van der Waals surface area contributed by atoms with Gasteiger partial charge in [0.15, 0.2) is 0 Å². The average Bonchev–Trinajstić information content (AvgIpc) is 2.34. The topological polar surface area (TPSA) is 24.9 Å². The van der Waals surface area contributed by atoms with E-state index in [1.165, 1.54) is 24.8 Å². The zero-order valence-corrected chi connectivity index (χ0v) is 11.2. The fraction of sp³-hybridized carbons (Fsp3) is 0.667. The normalized spacial score (nSPS) is 31.1. The third kappa shape index (κ3) is 3.29. The molecule has 4 unspecified atom stereocenters. The standard InChI is InChI=1S/C15H24N2/c1-11-6-7-15(12(2)9-11)17-13(3)14-5-4-8-16-10-14/h4-5,8,10-13,15,17H,6-7,9H2,1-3H3. The Kier molecular flexibility index (Phi) is 4.16. The molecule has 0 radical (unpaired) electrons. The summed E-state index contributed by atoms with van der Waals surface area (Å²) in [7, 11) is 0. The van der Waals surface area contributed by atoms with Crippen LogP contribution in [0.25, 0.3) is 0 Å². The van der Waals surface area contributed by atoms with E-state index in [-0.39, 0.29) is 0 Å². The first-order valence-corrected chi connectivity index (χ1v) is 6.82. The Labute approximate surface area is 105 Å². The molecule has 1 aromatic heterocycles. The summed E-state index contributed by atoms with van der Waals surface area (Å²) in [6.45, 7) is 6.99. The summed E-state index contributed by atoms with van der Waals surface area (Å²) < 4.78 is 0. The molecule has 2 heteroatoms. The molecule has 1 aliphatic carbocycles. The van der Waals surface area contributed by atoms with Crippen molar-refractivity contribution in [2.75, 3.05) is 0 Å². The van der Waals surface area contributed by atoms with E-state index in [0.717, 1.165) is 11.8 Å². The van der Waals surface area contributed by atoms with Crippen LogP contribution in [0, 0.1) is 11.8 Å². The average molecular weight is 232 g/mol. The van der Waals surface area contributed by atoms with Crippen LogP contribution in [0.15, 0.2) is 24.5 Å². The predicted octanol–water partition coefficient (Wildman–Crippen LogP) is 3.56. The molecule has 94 valence electrons. The monoisotopic (exact) mass is 232 g/mol. The lowest BCUT2D eigenvalue weighted by Gasteiger charge is -2.35. The van der Waals surface area contributed by atoms with Gasteiger partial charge in [-0.1, -0.05) is 19.9 Å².